The van der Waals surface area contributed by atoms with Crippen LogP contribution < -0.4 is 65.3 Å². The Morgan fingerprint density at radius 3 is 1.32 bits per heavy atom. The highest BCUT2D eigenvalue weighted by Crippen LogP contribution is 2.41. The van der Waals surface area contributed by atoms with E-state index in [9.17, 15) is 46.7 Å². The Morgan fingerprint density at radius 2 is 0.942 bits per heavy atom. The fraction of sp³-hybridized carbons (Fsp3) is 0.473. The van der Waals surface area contributed by atoms with E-state index in [0.717, 1.165) is 33.4 Å². The number of rotatable bonds is 17. The number of hydrogen-bond acceptors (Lipinski definition) is 19. The topological polar surface area (TPSA) is 237 Å². The molecule has 0 radical (unpaired) electrons. The SMILES string of the molecule is COc1cc(-c2cn(C)c(=O)c(C)c2C)cc(OC)c1C=O.COc1cc(-c2cn(C)c(=O)c(C)c2C)cc(OC)c1CN1CCC(N2CCN(c3ccc(OC4CCC(=O)NC4=O)cc3F)CC2)C(F)(F)C1.O=C1CCC(Oc2ccc(N3CCN(C4CCNCC4(F)F)CC3)c(F)c2)C(=O)N1. The molecular weight excluding hydrogens is 1350 g/mol. The van der Waals surface area contributed by atoms with Crippen LogP contribution in [0, 0.1) is 39.3 Å². The zero-order valence-electron chi connectivity index (χ0n) is 59.5. The average molecular weight is 1440 g/mol. The van der Waals surface area contributed by atoms with Gasteiger partial charge in [-0.3, -0.25) is 58.9 Å². The number of benzene rings is 4. The first-order valence-electron chi connectivity index (χ1n) is 34.1. The van der Waals surface area contributed by atoms with Gasteiger partial charge in [-0.05, 0) is 118 Å². The molecular formula is C74H88F6N10O13. The lowest BCUT2D eigenvalue weighted by Gasteiger charge is -2.46. The molecule has 3 N–H and O–H groups in total. The Balaban J connectivity index is 0.000000185. The summed E-state index contributed by atoms with van der Waals surface area (Å²) in [6.07, 6.45) is 4.00. The number of amides is 4. The van der Waals surface area contributed by atoms with Crippen LogP contribution in [0.25, 0.3) is 22.3 Å². The lowest BCUT2D eigenvalue weighted by atomic mass is 9.95. The number of anilines is 2. The maximum absolute atomic E-state index is 15.9. The number of alkyl halides is 4. The Kier molecular flexibility index (Phi) is 24.0. The lowest BCUT2D eigenvalue weighted by Crippen LogP contribution is -2.61. The molecule has 103 heavy (non-hydrogen) atoms. The number of aldehydes is 1. The molecule has 554 valence electrons. The number of likely N-dealkylation sites (tertiary alicyclic amines) is 1. The van der Waals surface area contributed by atoms with Gasteiger partial charge >= 0.3 is 0 Å². The number of nitrogens with one attached hydrogen (secondary N) is 3. The number of aromatic nitrogens is 2. The first-order valence-corrected chi connectivity index (χ1v) is 34.1. The quantitative estimate of drug-likeness (QED) is 0.0451. The van der Waals surface area contributed by atoms with Gasteiger partial charge in [0.25, 0.3) is 34.8 Å². The third-order valence-electron chi connectivity index (χ3n) is 20.2. The van der Waals surface area contributed by atoms with Crippen molar-refractivity contribution in [3.63, 3.8) is 0 Å². The number of piperazine rings is 2. The standard InChI is InChI=1S/C37H44F3N5O6.C20H25F3N4O3.C17H19NO4/c1-22-23(2)36(48)42(3)19-26(22)24-16-31(49-4)27(32(17-24)50-5)20-43-11-10-33(37(39,40)21-43)45-14-12-44(13-15-45)29-7-6-25(18-28(29)38)51-30-8-9-34(46)41-35(30)47;21-14-11-13(30-16-3-4-18(28)25-19(16)29)1-2-15(14)26-7-9-27(10-8-26)17-5-6-24-12-20(17,22)23;1-10-11(2)17(20)18(3)8-13(10)12-6-15(21-4)14(9-19)16(7-12)22-5/h6-7,16-19,30,33H,8-15,20-21H2,1-5H3,(H,41,46,47);1-2,11,16-17,24H,3-10,12H2,(H,25,28,29);6-9H,1-5H3. The third kappa shape index (κ3) is 17.1. The van der Waals surface area contributed by atoms with E-state index < -0.39 is 66.1 Å². The van der Waals surface area contributed by atoms with E-state index in [1.54, 1.807) is 96.0 Å². The Hall–Kier alpha value is -9.45. The zero-order chi connectivity index (χ0) is 74.4. The van der Waals surface area contributed by atoms with Gasteiger partial charge in [0.2, 0.25) is 11.8 Å². The summed E-state index contributed by atoms with van der Waals surface area (Å²) in [5.41, 5.74) is 8.10. The van der Waals surface area contributed by atoms with Gasteiger partial charge in [-0.1, -0.05) is 0 Å². The number of carbonyl (C=O) groups excluding carboxylic acids is 5. The molecule has 6 saturated heterocycles. The largest absolute Gasteiger partial charge is 0.496 e. The van der Waals surface area contributed by atoms with Crippen molar-refractivity contribution in [1.82, 2.24) is 39.8 Å². The molecule has 6 fully saturated rings. The minimum absolute atomic E-state index is 0.0234. The van der Waals surface area contributed by atoms with E-state index >= 15 is 13.2 Å². The zero-order valence-corrected chi connectivity index (χ0v) is 59.5. The molecule has 4 amide bonds. The smallest absolute Gasteiger partial charge is 0.275 e. The van der Waals surface area contributed by atoms with Crippen molar-refractivity contribution in [2.24, 2.45) is 14.1 Å². The predicted molar refractivity (Wildman–Crippen MR) is 374 cm³/mol. The normalized spacial score (nSPS) is 20.9. The number of hydrogen-bond donors (Lipinski definition) is 3. The van der Waals surface area contributed by atoms with Gasteiger partial charge in [-0.2, -0.15) is 0 Å². The second kappa shape index (κ2) is 32.5. The van der Waals surface area contributed by atoms with E-state index in [0.29, 0.717) is 135 Å². The first kappa shape index (κ1) is 76.2. The highest BCUT2D eigenvalue weighted by atomic mass is 19.3. The number of ether oxygens (including phenoxy) is 6. The number of aryl methyl sites for hydroxylation is 2. The number of halogens is 6. The van der Waals surface area contributed by atoms with Gasteiger partial charge in [0, 0.05) is 152 Å². The number of carbonyl (C=O) groups is 5. The second-order valence-corrected chi connectivity index (χ2v) is 26.6. The first-order chi connectivity index (χ1) is 49.1. The van der Waals surface area contributed by atoms with Crippen LogP contribution in [0.4, 0.5) is 37.7 Å². The summed E-state index contributed by atoms with van der Waals surface area (Å²) >= 11 is 0. The Labute approximate surface area is 592 Å². The van der Waals surface area contributed by atoms with Crippen LogP contribution in [0.15, 0.2) is 82.6 Å². The van der Waals surface area contributed by atoms with E-state index in [2.05, 4.69) is 16.0 Å². The highest BCUT2D eigenvalue weighted by Gasteiger charge is 2.49. The highest BCUT2D eigenvalue weighted by molar-refractivity contribution is 6.00. The summed E-state index contributed by atoms with van der Waals surface area (Å²) < 4.78 is 126. The predicted octanol–water partition coefficient (Wildman–Crippen LogP) is 7.67. The van der Waals surface area contributed by atoms with Crippen LogP contribution in [0.2, 0.25) is 0 Å². The summed E-state index contributed by atoms with van der Waals surface area (Å²) in [7, 11) is 9.50. The molecule has 4 aromatic carbocycles. The van der Waals surface area contributed by atoms with E-state index in [4.69, 9.17) is 28.4 Å². The Morgan fingerprint density at radius 1 is 0.524 bits per heavy atom. The van der Waals surface area contributed by atoms with Crippen LogP contribution >= 0.6 is 0 Å². The van der Waals surface area contributed by atoms with E-state index in [-0.39, 0.29) is 79.6 Å². The molecule has 0 spiro atoms. The summed E-state index contributed by atoms with van der Waals surface area (Å²) in [4.78, 5) is 91.1. The van der Waals surface area contributed by atoms with Crippen molar-refractivity contribution in [2.45, 2.75) is 109 Å². The Bertz CT molecular complexity index is 4240. The average Bonchev–Trinajstić information content (AvgIpc) is 0.787. The van der Waals surface area contributed by atoms with Gasteiger partial charge in [0.1, 0.15) is 46.1 Å². The monoisotopic (exact) mass is 1440 g/mol. The van der Waals surface area contributed by atoms with Crippen molar-refractivity contribution in [1.29, 1.82) is 0 Å². The molecule has 6 aromatic rings. The molecule has 0 bridgehead atoms. The molecule has 6 aliphatic rings. The van der Waals surface area contributed by atoms with E-state index in [1.165, 1.54) is 45.1 Å². The lowest BCUT2D eigenvalue weighted by molar-refractivity contribution is -0.140. The van der Waals surface area contributed by atoms with Crippen molar-refractivity contribution in [2.75, 3.05) is 117 Å². The molecule has 23 nitrogen and oxygen atoms in total. The van der Waals surface area contributed by atoms with Gasteiger partial charge in [-0.15, -0.1) is 0 Å². The van der Waals surface area contributed by atoms with Gasteiger partial charge in [0.05, 0.1) is 76.1 Å². The minimum Gasteiger partial charge on any atom is -0.496 e. The maximum atomic E-state index is 15.9. The van der Waals surface area contributed by atoms with Crippen molar-refractivity contribution in [3.8, 4) is 56.8 Å². The molecule has 12 rings (SSSR count). The molecule has 0 aliphatic carbocycles. The number of nitrogens with zero attached hydrogens (tertiary/aromatic N) is 7. The number of imide groups is 2. The van der Waals surface area contributed by atoms with Crippen LogP contribution in [0.5, 0.6) is 34.5 Å². The van der Waals surface area contributed by atoms with Crippen LogP contribution in [-0.4, -0.2) is 197 Å². The molecule has 8 heterocycles. The number of pyridine rings is 2. The minimum atomic E-state index is -3.00. The van der Waals surface area contributed by atoms with Crippen molar-refractivity contribution >= 4 is 41.3 Å². The second-order valence-electron chi connectivity index (χ2n) is 26.6. The summed E-state index contributed by atoms with van der Waals surface area (Å²) in [6, 6.07) is 14.3. The fourth-order valence-corrected chi connectivity index (χ4v) is 14.2. The molecule has 0 saturated carbocycles. The van der Waals surface area contributed by atoms with Crippen LogP contribution in [-0.2, 0) is 39.8 Å². The van der Waals surface area contributed by atoms with Gasteiger partial charge in [0.15, 0.2) is 18.5 Å². The summed E-state index contributed by atoms with van der Waals surface area (Å²) in [5.74, 6) is -6.29. The fourth-order valence-electron chi connectivity index (χ4n) is 14.2. The van der Waals surface area contributed by atoms with Gasteiger partial charge in [-0.25, -0.2) is 26.3 Å². The van der Waals surface area contributed by atoms with Crippen LogP contribution in [0.3, 0.4) is 0 Å². The molecule has 4 atom stereocenters. The van der Waals surface area contributed by atoms with Crippen molar-refractivity contribution in [3.05, 3.63) is 139 Å². The van der Waals surface area contributed by atoms with Crippen LogP contribution in [0.1, 0.15) is 76.7 Å². The molecule has 2 aromatic heterocycles. The van der Waals surface area contributed by atoms with Crippen molar-refractivity contribution < 1.29 is 78.7 Å². The molecule has 29 heteroatoms. The molecule has 6 aliphatic heterocycles. The third-order valence-corrected chi connectivity index (χ3v) is 20.2. The number of methoxy groups -OCH3 is 4. The molecule has 4 unspecified atom stereocenters. The summed E-state index contributed by atoms with van der Waals surface area (Å²) in [6.45, 7) is 11.1. The van der Waals surface area contributed by atoms with E-state index in [1.807, 2.05) is 35.8 Å². The van der Waals surface area contributed by atoms with Gasteiger partial charge < -0.3 is 52.7 Å². The summed E-state index contributed by atoms with van der Waals surface area (Å²) in [5, 5.41) is 7.15. The number of piperidine rings is 4. The maximum Gasteiger partial charge on any atom is 0.275 e.